The molecule has 39 heavy (non-hydrogen) atoms. The molecule has 0 radical (unpaired) electrons. The van der Waals surface area contributed by atoms with Gasteiger partial charge in [0.2, 0.25) is 5.95 Å². The van der Waals surface area contributed by atoms with Crippen LogP contribution in [-0.2, 0) is 5.60 Å². The highest BCUT2D eigenvalue weighted by Crippen LogP contribution is 2.41. The number of anilines is 5. The molecule has 13 heteroatoms. The van der Waals surface area contributed by atoms with Gasteiger partial charge in [-0.3, -0.25) is 10.1 Å². The van der Waals surface area contributed by atoms with Gasteiger partial charge in [0, 0.05) is 48.7 Å². The number of aromatic nitrogens is 2. The summed E-state index contributed by atoms with van der Waals surface area (Å²) in [6.45, 7) is 4.41. The first-order valence-electron chi connectivity index (χ1n) is 12.2. The second kappa shape index (κ2) is 11.2. The lowest BCUT2D eigenvalue weighted by molar-refractivity contribution is -0.384. The summed E-state index contributed by atoms with van der Waals surface area (Å²) < 4.78 is 19.7. The highest BCUT2D eigenvalue weighted by molar-refractivity contribution is 6.31. The quantitative estimate of drug-likeness (QED) is 0.242. The molecule has 2 heterocycles. The maximum absolute atomic E-state index is 14.1. The summed E-state index contributed by atoms with van der Waals surface area (Å²) >= 11 is 5.98. The minimum atomic E-state index is -1.36. The summed E-state index contributed by atoms with van der Waals surface area (Å²) in [6, 6.07) is 7.46. The predicted molar refractivity (Wildman–Crippen MR) is 149 cm³/mol. The molecule has 1 aliphatic rings. The lowest BCUT2D eigenvalue weighted by Crippen LogP contribution is -2.31. The summed E-state index contributed by atoms with van der Waals surface area (Å²) in [5.41, 5.74) is 0.00731. The van der Waals surface area contributed by atoms with E-state index in [-0.39, 0.29) is 22.2 Å². The third-order valence-corrected chi connectivity index (χ3v) is 6.90. The van der Waals surface area contributed by atoms with Gasteiger partial charge in [-0.25, -0.2) is 9.37 Å². The van der Waals surface area contributed by atoms with E-state index in [1.54, 1.807) is 12.1 Å². The summed E-state index contributed by atoms with van der Waals surface area (Å²) in [4.78, 5) is 24.3. The molecule has 1 atom stereocenters. The smallest absolute Gasteiger partial charge is 0.294 e. The van der Waals surface area contributed by atoms with Crippen molar-refractivity contribution >= 4 is 46.1 Å². The molecule has 0 amide bonds. The van der Waals surface area contributed by atoms with E-state index >= 15 is 0 Å². The van der Waals surface area contributed by atoms with Gasteiger partial charge in [0.25, 0.3) is 5.69 Å². The van der Waals surface area contributed by atoms with Crippen molar-refractivity contribution in [1.82, 2.24) is 14.9 Å². The molecular formula is C26H31ClFN7O4. The largest absolute Gasteiger partial charge is 0.494 e. The SMILES string of the molecule is COc1cc(N2CC[C@H](N(C)C)C2)c([N+](=O)[O-])cc1Nc1nccc(Nc2cc(Cl)c(F)cc2C(C)(C)O)n1. The number of nitrogens with one attached hydrogen (secondary N) is 2. The number of nitro groups is 1. The van der Waals surface area contributed by atoms with Crippen molar-refractivity contribution in [1.29, 1.82) is 0 Å². The number of benzene rings is 2. The fourth-order valence-corrected chi connectivity index (χ4v) is 4.67. The first kappa shape index (κ1) is 28.3. The van der Waals surface area contributed by atoms with Crippen LogP contribution < -0.4 is 20.3 Å². The number of methoxy groups -OCH3 is 1. The van der Waals surface area contributed by atoms with Crippen molar-refractivity contribution in [2.45, 2.75) is 31.9 Å². The first-order chi connectivity index (χ1) is 18.4. The Bertz CT molecular complexity index is 1380. The fourth-order valence-electron chi connectivity index (χ4n) is 4.51. The maximum Gasteiger partial charge on any atom is 0.294 e. The van der Waals surface area contributed by atoms with Gasteiger partial charge >= 0.3 is 0 Å². The normalized spacial score (nSPS) is 15.5. The summed E-state index contributed by atoms with van der Waals surface area (Å²) in [7, 11) is 5.47. The van der Waals surface area contributed by atoms with Crippen molar-refractivity contribution in [3.63, 3.8) is 0 Å². The number of nitrogens with zero attached hydrogens (tertiary/aromatic N) is 5. The Morgan fingerprint density at radius 1 is 1.26 bits per heavy atom. The molecular weight excluding hydrogens is 529 g/mol. The maximum atomic E-state index is 14.1. The van der Waals surface area contributed by atoms with Crippen molar-refractivity contribution in [3.05, 3.63) is 63.0 Å². The van der Waals surface area contributed by atoms with E-state index in [1.807, 2.05) is 19.0 Å². The van der Waals surface area contributed by atoms with E-state index < -0.39 is 16.3 Å². The van der Waals surface area contributed by atoms with Gasteiger partial charge in [0.05, 0.1) is 28.3 Å². The lowest BCUT2D eigenvalue weighted by atomic mass is 9.96. The van der Waals surface area contributed by atoms with Gasteiger partial charge in [0.15, 0.2) is 0 Å². The molecule has 1 fully saturated rings. The van der Waals surface area contributed by atoms with E-state index in [0.29, 0.717) is 47.8 Å². The lowest BCUT2D eigenvalue weighted by Gasteiger charge is -2.23. The number of hydrogen-bond donors (Lipinski definition) is 3. The number of hydrogen-bond acceptors (Lipinski definition) is 10. The molecule has 1 aromatic heterocycles. The van der Waals surface area contributed by atoms with Gasteiger partial charge in [-0.1, -0.05) is 11.6 Å². The first-order valence-corrected chi connectivity index (χ1v) is 12.6. The van der Waals surface area contributed by atoms with Crippen LogP contribution in [0.3, 0.4) is 0 Å². The molecule has 0 spiro atoms. The number of likely N-dealkylation sites (N-methyl/N-ethyl adjacent to an activating group) is 1. The molecule has 2 aromatic carbocycles. The van der Waals surface area contributed by atoms with E-state index in [0.717, 1.165) is 12.5 Å². The Balaban J connectivity index is 1.64. The van der Waals surface area contributed by atoms with Crippen molar-refractivity contribution in [2.24, 2.45) is 0 Å². The van der Waals surface area contributed by atoms with Crippen LogP contribution in [0.2, 0.25) is 5.02 Å². The summed E-state index contributed by atoms with van der Waals surface area (Å²) in [5.74, 6) is 0.179. The molecule has 4 rings (SSSR count). The molecule has 0 unspecified atom stereocenters. The van der Waals surface area contributed by atoms with Crippen LogP contribution in [0.4, 0.5) is 38.9 Å². The zero-order chi connectivity index (χ0) is 28.5. The molecule has 1 aliphatic heterocycles. The van der Waals surface area contributed by atoms with Gasteiger partial charge in [-0.15, -0.1) is 0 Å². The van der Waals surface area contributed by atoms with Crippen LogP contribution in [0.15, 0.2) is 36.5 Å². The number of nitro benzene ring substituents is 1. The molecule has 208 valence electrons. The molecule has 0 aliphatic carbocycles. The second-order valence-electron chi connectivity index (χ2n) is 10.0. The van der Waals surface area contributed by atoms with Crippen molar-refractivity contribution in [3.8, 4) is 5.75 Å². The minimum absolute atomic E-state index is 0.0669. The van der Waals surface area contributed by atoms with Crippen LogP contribution in [0.5, 0.6) is 5.75 Å². The molecule has 0 saturated carbocycles. The van der Waals surface area contributed by atoms with Gasteiger partial charge in [0.1, 0.15) is 23.1 Å². The molecule has 3 aromatic rings. The Labute approximate surface area is 230 Å². The van der Waals surface area contributed by atoms with E-state index in [9.17, 15) is 19.6 Å². The number of halogens is 2. The predicted octanol–water partition coefficient (Wildman–Crippen LogP) is 5.04. The Morgan fingerprint density at radius 2 is 2.00 bits per heavy atom. The van der Waals surface area contributed by atoms with Gasteiger partial charge in [-0.2, -0.15) is 4.98 Å². The molecule has 0 bridgehead atoms. The average Bonchev–Trinajstić information content (AvgIpc) is 3.36. The topological polar surface area (TPSA) is 129 Å². The molecule has 3 N–H and O–H groups in total. The zero-order valence-electron chi connectivity index (χ0n) is 22.3. The van der Waals surface area contributed by atoms with Crippen LogP contribution in [0, 0.1) is 15.9 Å². The van der Waals surface area contributed by atoms with Crippen LogP contribution in [0.25, 0.3) is 0 Å². The Hall–Kier alpha value is -3.74. The average molecular weight is 560 g/mol. The fraction of sp³-hybridized carbons (Fsp3) is 0.385. The monoisotopic (exact) mass is 559 g/mol. The standard InChI is InChI=1S/C26H31ClFN7O4/c1-26(2,36)16-10-18(28)17(27)11-19(16)30-24-6-8-29-25(32-24)31-20-12-22(35(37)38)21(13-23(20)39-5)34-9-7-15(14-34)33(3)4/h6,8,10-13,15,36H,7,9,14H2,1-5H3,(H2,29,30,31,32)/t15-/m0/s1. The van der Waals surface area contributed by atoms with Crippen LogP contribution in [0.1, 0.15) is 25.8 Å². The summed E-state index contributed by atoms with van der Waals surface area (Å²) in [6.07, 6.45) is 2.38. The zero-order valence-corrected chi connectivity index (χ0v) is 23.1. The van der Waals surface area contributed by atoms with Crippen LogP contribution in [-0.4, -0.2) is 65.2 Å². The van der Waals surface area contributed by atoms with Gasteiger partial charge < -0.3 is 30.3 Å². The number of aliphatic hydroxyl groups is 1. The third kappa shape index (κ3) is 6.29. The Kier molecular flexibility index (Phi) is 8.09. The van der Waals surface area contributed by atoms with Crippen LogP contribution >= 0.6 is 11.6 Å². The minimum Gasteiger partial charge on any atom is -0.494 e. The van der Waals surface area contributed by atoms with E-state index in [4.69, 9.17) is 16.3 Å². The van der Waals surface area contributed by atoms with Crippen molar-refractivity contribution < 1.29 is 19.2 Å². The van der Waals surface area contributed by atoms with E-state index in [1.165, 1.54) is 39.3 Å². The highest BCUT2D eigenvalue weighted by Gasteiger charge is 2.30. The third-order valence-electron chi connectivity index (χ3n) is 6.61. The number of rotatable bonds is 9. The second-order valence-corrected chi connectivity index (χ2v) is 10.4. The molecule has 11 nitrogen and oxygen atoms in total. The Morgan fingerprint density at radius 3 is 2.62 bits per heavy atom. The van der Waals surface area contributed by atoms with Gasteiger partial charge in [-0.05, 0) is 52.6 Å². The van der Waals surface area contributed by atoms with Crippen molar-refractivity contribution in [2.75, 3.05) is 49.8 Å². The summed E-state index contributed by atoms with van der Waals surface area (Å²) in [5, 5.41) is 28.5. The number of ether oxygens (including phenoxy) is 1. The highest BCUT2D eigenvalue weighted by atomic mass is 35.5. The molecule has 1 saturated heterocycles. The van der Waals surface area contributed by atoms with E-state index in [2.05, 4.69) is 25.5 Å².